The summed E-state index contributed by atoms with van der Waals surface area (Å²) < 4.78 is 16.9. The molecule has 0 aromatic heterocycles. The Bertz CT molecular complexity index is 33.0. The van der Waals surface area contributed by atoms with Crippen molar-refractivity contribution >= 4 is 17.4 Å². The van der Waals surface area contributed by atoms with E-state index >= 15 is 0 Å². The molecule has 0 fully saturated rings. The molecule has 36 valence electrons. The van der Waals surface area contributed by atoms with Gasteiger partial charge in [-0.25, -0.2) is 9.13 Å². The van der Waals surface area contributed by atoms with Crippen LogP contribution in [0.5, 0.6) is 0 Å². The second-order valence-electron chi connectivity index (χ2n) is 0.163. The molecule has 8 heavy (non-hydrogen) atoms. The third-order valence-electron chi connectivity index (χ3n) is 0. The molecule has 0 heterocycles. The first kappa shape index (κ1) is 22.5. The number of rotatable bonds is 0. The Balaban J connectivity index is -0.0000000160. The third-order valence-corrected chi connectivity index (χ3v) is 0. The van der Waals surface area contributed by atoms with Gasteiger partial charge in [-0.2, -0.15) is 0 Å². The van der Waals surface area contributed by atoms with Crippen molar-refractivity contribution in [3.05, 3.63) is 0 Å². The Morgan fingerprint density at radius 2 is 0.875 bits per heavy atom. The van der Waals surface area contributed by atoms with E-state index in [0.29, 0.717) is 0 Å². The van der Waals surface area contributed by atoms with Gasteiger partial charge in [-0.05, 0) is 0 Å². The minimum absolute atomic E-state index is 0. The topological polar surface area (TPSA) is 74.6 Å². The van der Waals surface area contributed by atoms with Gasteiger partial charge in [0.05, 0.1) is 0 Å². The van der Waals surface area contributed by atoms with E-state index in [1.54, 1.807) is 0 Å². The average Bonchev–Trinajstić information content (AvgIpc) is 1.39. The van der Waals surface area contributed by atoms with E-state index in [9.17, 15) is 0 Å². The fourth-order valence-electron chi connectivity index (χ4n) is 0. The van der Waals surface area contributed by atoms with E-state index in [1.165, 1.54) is 0 Å². The summed E-state index contributed by atoms with van der Waals surface area (Å²) in [5.74, 6) is 0. The van der Waals surface area contributed by atoms with E-state index in [-0.39, 0.29) is 59.1 Å². The van der Waals surface area contributed by atoms with E-state index in [0.717, 1.165) is 0 Å². The van der Waals surface area contributed by atoms with Gasteiger partial charge in [0, 0.05) is 0 Å². The molecule has 0 radical (unpaired) electrons. The van der Waals surface area contributed by atoms with Gasteiger partial charge >= 0.3 is 76.5 Å². The van der Waals surface area contributed by atoms with Crippen molar-refractivity contribution in [3.8, 4) is 0 Å². The fraction of sp³-hybridized carbons (Fsp3) is 0. The van der Waals surface area contributed by atoms with Gasteiger partial charge in [0.2, 0.25) is 0 Å². The molecule has 0 spiro atoms. The van der Waals surface area contributed by atoms with Crippen LogP contribution in [0.15, 0.2) is 0 Å². The van der Waals surface area contributed by atoms with Crippen molar-refractivity contribution in [2.24, 2.45) is 0 Å². The van der Waals surface area contributed by atoms with E-state index in [4.69, 9.17) is 18.9 Å². The van der Waals surface area contributed by atoms with Crippen LogP contribution in [-0.2, 0) is 9.13 Å². The van der Waals surface area contributed by atoms with Crippen molar-refractivity contribution in [2.45, 2.75) is 0 Å². The molecule has 0 bridgehead atoms. The molecule has 4 nitrogen and oxygen atoms in total. The Hall–Kier alpha value is 2.12. The number of hydrogen-bond donors (Lipinski definition) is 2. The maximum Gasteiger partial charge on any atom is 1.00 e. The van der Waals surface area contributed by atoms with Crippen LogP contribution in [0.25, 0.3) is 0 Å². The van der Waals surface area contributed by atoms with Gasteiger partial charge in [0.15, 0.2) is 0 Å². The van der Waals surface area contributed by atoms with Gasteiger partial charge in [-0.15, -0.1) is 0 Å². The molecule has 2 N–H and O–H groups in total. The van der Waals surface area contributed by atoms with Crippen LogP contribution in [-0.4, -0.2) is 9.79 Å². The first-order valence-corrected chi connectivity index (χ1v) is 2.30. The average molecular weight is 174 g/mol. The summed E-state index contributed by atoms with van der Waals surface area (Å²) in [4.78, 5) is 14.0. The van der Waals surface area contributed by atoms with Crippen LogP contribution in [0.1, 0.15) is 0 Å². The molecule has 0 aliphatic heterocycles. The van der Waals surface area contributed by atoms with Gasteiger partial charge in [-0.1, -0.05) is 0 Å². The molecule has 0 unspecified atom stereocenters. The van der Waals surface area contributed by atoms with E-state index < -0.39 is 17.4 Å². The molecule has 0 aromatic carbocycles. The zero-order valence-corrected chi connectivity index (χ0v) is 10.4. The molecule has 8 heteroatoms. The zero-order valence-electron chi connectivity index (χ0n) is 4.61. The standard InChI is InChI=1S/2Na.2HO2P/c;;2*1-3-2/h;;2*(H,1,2)/q2*+1;;. The van der Waals surface area contributed by atoms with Crippen LogP contribution in [0.4, 0.5) is 0 Å². The summed E-state index contributed by atoms with van der Waals surface area (Å²) in [6.07, 6.45) is 0. The summed E-state index contributed by atoms with van der Waals surface area (Å²) >= 11 is 0. The predicted molar refractivity (Wildman–Crippen MR) is 19.7 cm³/mol. The fourth-order valence-corrected chi connectivity index (χ4v) is 0. The SMILES string of the molecule is O=PO.O=PO.[Na+].[Na+]. The maximum absolute atomic E-state index is 8.46. The van der Waals surface area contributed by atoms with E-state index in [1.807, 2.05) is 0 Å². The molecule has 0 amide bonds. The Labute approximate surface area is 94.2 Å². The molecule has 0 aliphatic rings. The Morgan fingerprint density at radius 3 is 0.875 bits per heavy atom. The van der Waals surface area contributed by atoms with Gasteiger partial charge in [0.1, 0.15) is 0 Å². The summed E-state index contributed by atoms with van der Waals surface area (Å²) in [6.45, 7) is 0. The molecule has 0 saturated carbocycles. The number of hydrogen-bond acceptors (Lipinski definition) is 2. The Kier molecular flexibility index (Phi) is 99.5. The van der Waals surface area contributed by atoms with Gasteiger partial charge < -0.3 is 9.79 Å². The first-order valence-electron chi connectivity index (χ1n) is 0.765. The van der Waals surface area contributed by atoms with Crippen molar-refractivity contribution in [1.29, 1.82) is 0 Å². The van der Waals surface area contributed by atoms with Crippen molar-refractivity contribution in [1.82, 2.24) is 0 Å². The monoisotopic (exact) mass is 174 g/mol. The smallest absolute Gasteiger partial charge is 0.310 e. The second kappa shape index (κ2) is 35.4. The summed E-state index contributed by atoms with van der Waals surface area (Å²) in [5, 5.41) is 0. The third kappa shape index (κ3) is 91.6. The van der Waals surface area contributed by atoms with Gasteiger partial charge in [0.25, 0.3) is 0 Å². The maximum atomic E-state index is 8.46. The van der Waals surface area contributed by atoms with Crippen LogP contribution in [0, 0.1) is 0 Å². The summed E-state index contributed by atoms with van der Waals surface area (Å²) in [5.41, 5.74) is 0. The van der Waals surface area contributed by atoms with Crippen LogP contribution >= 0.6 is 17.4 Å². The largest absolute Gasteiger partial charge is 1.00 e. The quantitative estimate of drug-likeness (QED) is 0.283. The molecular formula is H2Na2O4P2+2. The van der Waals surface area contributed by atoms with Crippen LogP contribution < -0.4 is 59.1 Å². The summed E-state index contributed by atoms with van der Waals surface area (Å²) in [7, 11) is -1.67. The van der Waals surface area contributed by atoms with Crippen molar-refractivity contribution in [2.75, 3.05) is 0 Å². The Morgan fingerprint density at radius 1 is 0.875 bits per heavy atom. The molecule has 0 aromatic rings. The normalized spacial score (nSPS) is 5.25. The van der Waals surface area contributed by atoms with Crippen LogP contribution in [0.2, 0.25) is 0 Å². The summed E-state index contributed by atoms with van der Waals surface area (Å²) in [6, 6.07) is 0. The molecule has 0 saturated heterocycles. The molecule has 0 atom stereocenters. The zero-order chi connectivity index (χ0) is 5.41. The van der Waals surface area contributed by atoms with Crippen molar-refractivity contribution in [3.63, 3.8) is 0 Å². The molecule has 0 aliphatic carbocycles. The second-order valence-corrected chi connectivity index (χ2v) is 0.490. The van der Waals surface area contributed by atoms with Crippen LogP contribution in [0.3, 0.4) is 0 Å². The molecule has 0 rings (SSSR count). The minimum atomic E-state index is -0.833. The minimum Gasteiger partial charge on any atom is -0.310 e. The van der Waals surface area contributed by atoms with Gasteiger partial charge in [-0.3, -0.25) is 0 Å². The van der Waals surface area contributed by atoms with E-state index in [2.05, 4.69) is 0 Å². The predicted octanol–water partition coefficient (Wildman–Crippen LogP) is -5.62. The van der Waals surface area contributed by atoms with Crippen molar-refractivity contribution < 1.29 is 78.0 Å². The molecular weight excluding hydrogens is 172 g/mol. The first-order chi connectivity index (χ1) is 2.83.